The van der Waals surface area contributed by atoms with Crippen LogP contribution in [0.3, 0.4) is 0 Å². The van der Waals surface area contributed by atoms with Gasteiger partial charge in [0.05, 0.1) is 20.6 Å². The first-order chi connectivity index (χ1) is 11.7. The number of rotatable bonds is 3. The fourth-order valence-electron chi connectivity index (χ4n) is 3.14. The lowest BCUT2D eigenvalue weighted by Crippen LogP contribution is -2.21. The number of hydrogen-bond donors (Lipinski definition) is 0. The Morgan fingerprint density at radius 2 is 1.83 bits per heavy atom. The molecule has 2 heterocycles. The fraction of sp³-hybridized carbons (Fsp3) is 0.278. The number of methoxy groups -OCH3 is 2. The van der Waals surface area contributed by atoms with Gasteiger partial charge in [-0.05, 0) is 17.7 Å². The molecule has 0 N–H and O–H groups in total. The number of esters is 1. The van der Waals surface area contributed by atoms with Crippen molar-refractivity contribution >= 4 is 5.97 Å². The topological polar surface area (TPSA) is 63.2 Å². The monoisotopic (exact) mass is 328 g/mol. The predicted octanol–water partition coefficient (Wildman–Crippen LogP) is 2.87. The molecule has 2 aliphatic heterocycles. The van der Waals surface area contributed by atoms with Gasteiger partial charge in [0.2, 0.25) is 6.79 Å². The molecule has 0 saturated heterocycles. The van der Waals surface area contributed by atoms with Crippen LogP contribution < -0.4 is 23.7 Å². The molecule has 24 heavy (non-hydrogen) atoms. The molecular weight excluding hydrogens is 312 g/mol. The summed E-state index contributed by atoms with van der Waals surface area (Å²) in [4.78, 5) is 12.1. The lowest BCUT2D eigenvalue weighted by atomic mass is 9.85. The molecule has 0 unspecified atom stereocenters. The summed E-state index contributed by atoms with van der Waals surface area (Å²) in [5, 5.41) is 0. The minimum absolute atomic E-state index is 0.184. The molecule has 2 aliphatic rings. The molecule has 2 aromatic rings. The lowest BCUT2D eigenvalue weighted by Gasteiger charge is -2.27. The van der Waals surface area contributed by atoms with Crippen molar-refractivity contribution in [1.29, 1.82) is 0 Å². The highest BCUT2D eigenvalue weighted by Crippen LogP contribution is 2.47. The summed E-state index contributed by atoms with van der Waals surface area (Å²) < 4.78 is 27.0. The maximum atomic E-state index is 12.1. The van der Waals surface area contributed by atoms with Crippen LogP contribution in [0.4, 0.5) is 0 Å². The lowest BCUT2D eigenvalue weighted by molar-refractivity contribution is -0.135. The van der Waals surface area contributed by atoms with Crippen LogP contribution >= 0.6 is 0 Å². The fourth-order valence-corrected chi connectivity index (χ4v) is 3.14. The Morgan fingerprint density at radius 3 is 2.62 bits per heavy atom. The van der Waals surface area contributed by atoms with Gasteiger partial charge in [0, 0.05) is 23.6 Å². The molecule has 4 rings (SSSR count). The molecule has 124 valence electrons. The van der Waals surface area contributed by atoms with Gasteiger partial charge >= 0.3 is 5.97 Å². The second kappa shape index (κ2) is 5.63. The van der Waals surface area contributed by atoms with E-state index in [1.165, 1.54) is 0 Å². The largest absolute Gasteiger partial charge is 0.496 e. The van der Waals surface area contributed by atoms with Gasteiger partial charge in [0.25, 0.3) is 0 Å². The maximum Gasteiger partial charge on any atom is 0.312 e. The molecule has 0 fully saturated rings. The van der Waals surface area contributed by atoms with Crippen molar-refractivity contribution in [1.82, 2.24) is 0 Å². The van der Waals surface area contributed by atoms with Crippen molar-refractivity contribution in [2.45, 2.75) is 12.3 Å². The average molecular weight is 328 g/mol. The summed E-state index contributed by atoms with van der Waals surface area (Å²) in [5.74, 6) is 2.57. The van der Waals surface area contributed by atoms with Crippen molar-refractivity contribution in [3.05, 3.63) is 41.5 Å². The number of carbonyl (C=O) groups is 1. The number of hydrogen-bond acceptors (Lipinski definition) is 6. The van der Waals surface area contributed by atoms with Gasteiger partial charge < -0.3 is 23.7 Å². The molecular formula is C18H16O6. The van der Waals surface area contributed by atoms with E-state index in [-0.39, 0.29) is 25.1 Å². The minimum atomic E-state index is -0.291. The summed E-state index contributed by atoms with van der Waals surface area (Å²) in [6.45, 7) is 0.211. The SMILES string of the molecule is COc1cc(OC)c2c(c1)OC(=O)C[C@@H]2c1ccc2c(c1)OCO2. The van der Waals surface area contributed by atoms with Gasteiger partial charge in [-0.25, -0.2) is 0 Å². The molecule has 0 spiro atoms. The molecule has 6 nitrogen and oxygen atoms in total. The zero-order valence-electron chi connectivity index (χ0n) is 13.3. The average Bonchev–Trinajstić information content (AvgIpc) is 3.07. The molecule has 0 amide bonds. The molecule has 0 bridgehead atoms. The number of carbonyl (C=O) groups excluding carboxylic acids is 1. The van der Waals surface area contributed by atoms with E-state index in [1.807, 2.05) is 18.2 Å². The van der Waals surface area contributed by atoms with Gasteiger partial charge in [0.1, 0.15) is 17.2 Å². The van der Waals surface area contributed by atoms with E-state index >= 15 is 0 Å². The number of ether oxygens (including phenoxy) is 5. The quantitative estimate of drug-likeness (QED) is 0.638. The number of fused-ring (bicyclic) bond motifs is 2. The first-order valence-electron chi connectivity index (χ1n) is 7.55. The first-order valence-corrected chi connectivity index (χ1v) is 7.55. The third kappa shape index (κ3) is 2.31. The summed E-state index contributed by atoms with van der Waals surface area (Å²) in [7, 11) is 3.14. The normalized spacial score (nSPS) is 17.9. The molecule has 2 aromatic carbocycles. The zero-order chi connectivity index (χ0) is 16.7. The van der Waals surface area contributed by atoms with Crippen LogP contribution in [0.1, 0.15) is 23.5 Å². The molecule has 0 radical (unpaired) electrons. The van der Waals surface area contributed by atoms with E-state index in [9.17, 15) is 4.79 Å². The van der Waals surface area contributed by atoms with Crippen molar-refractivity contribution in [3.8, 4) is 28.7 Å². The standard InChI is InChI=1S/C18H16O6/c1-20-11-6-15(21-2)18-12(8-17(19)24-16(18)7-11)10-3-4-13-14(5-10)23-9-22-13/h3-7,12H,8-9H2,1-2H3/t12-/m1/s1. The van der Waals surface area contributed by atoms with Crippen molar-refractivity contribution in [2.24, 2.45) is 0 Å². The van der Waals surface area contributed by atoms with Crippen LogP contribution in [0.2, 0.25) is 0 Å². The molecule has 0 saturated carbocycles. The summed E-state index contributed by atoms with van der Waals surface area (Å²) >= 11 is 0. The molecule has 1 atom stereocenters. The summed E-state index contributed by atoms with van der Waals surface area (Å²) in [5.41, 5.74) is 1.78. The highest BCUT2D eigenvalue weighted by atomic mass is 16.7. The Labute approximate surface area is 138 Å². The predicted molar refractivity (Wildman–Crippen MR) is 84.2 cm³/mol. The minimum Gasteiger partial charge on any atom is -0.496 e. The van der Waals surface area contributed by atoms with Gasteiger partial charge in [-0.3, -0.25) is 4.79 Å². The van der Waals surface area contributed by atoms with Crippen LogP contribution in [0.25, 0.3) is 0 Å². The maximum absolute atomic E-state index is 12.1. The van der Waals surface area contributed by atoms with Gasteiger partial charge in [-0.1, -0.05) is 6.07 Å². The van der Waals surface area contributed by atoms with Crippen LogP contribution in [0.5, 0.6) is 28.7 Å². The van der Waals surface area contributed by atoms with E-state index < -0.39 is 0 Å². The van der Waals surface area contributed by atoms with Crippen molar-refractivity contribution in [2.75, 3.05) is 21.0 Å². The second-order valence-corrected chi connectivity index (χ2v) is 5.58. The third-order valence-electron chi connectivity index (χ3n) is 4.28. The third-order valence-corrected chi connectivity index (χ3v) is 4.28. The Bertz CT molecular complexity index is 813. The second-order valence-electron chi connectivity index (χ2n) is 5.58. The van der Waals surface area contributed by atoms with E-state index in [2.05, 4.69) is 0 Å². The van der Waals surface area contributed by atoms with Gasteiger partial charge in [0.15, 0.2) is 11.5 Å². The van der Waals surface area contributed by atoms with Crippen LogP contribution in [0, 0.1) is 0 Å². The summed E-state index contributed by atoms with van der Waals surface area (Å²) in [6.07, 6.45) is 0.231. The number of benzene rings is 2. The van der Waals surface area contributed by atoms with Gasteiger partial charge in [-0.2, -0.15) is 0 Å². The van der Waals surface area contributed by atoms with Crippen LogP contribution in [0.15, 0.2) is 30.3 Å². The molecule has 0 aromatic heterocycles. The Balaban J connectivity index is 1.85. The smallest absolute Gasteiger partial charge is 0.312 e. The first kappa shape index (κ1) is 14.7. The Morgan fingerprint density at radius 1 is 1.00 bits per heavy atom. The highest BCUT2D eigenvalue weighted by molar-refractivity contribution is 5.79. The highest BCUT2D eigenvalue weighted by Gasteiger charge is 2.33. The van der Waals surface area contributed by atoms with Crippen LogP contribution in [-0.4, -0.2) is 27.0 Å². The van der Waals surface area contributed by atoms with Gasteiger partial charge in [-0.15, -0.1) is 0 Å². The van der Waals surface area contributed by atoms with E-state index in [0.29, 0.717) is 28.7 Å². The van der Waals surface area contributed by atoms with Crippen molar-refractivity contribution in [3.63, 3.8) is 0 Å². The van der Waals surface area contributed by atoms with Crippen molar-refractivity contribution < 1.29 is 28.5 Å². The molecule has 6 heteroatoms. The Hall–Kier alpha value is -2.89. The zero-order valence-corrected chi connectivity index (χ0v) is 13.3. The Kier molecular flexibility index (Phi) is 3.45. The van der Waals surface area contributed by atoms with E-state index in [0.717, 1.165) is 11.1 Å². The molecule has 0 aliphatic carbocycles. The summed E-state index contributed by atoms with van der Waals surface area (Å²) in [6, 6.07) is 9.18. The van der Waals surface area contributed by atoms with E-state index in [1.54, 1.807) is 26.4 Å². The van der Waals surface area contributed by atoms with E-state index in [4.69, 9.17) is 23.7 Å². The van der Waals surface area contributed by atoms with Crippen LogP contribution in [-0.2, 0) is 4.79 Å².